The van der Waals surface area contributed by atoms with Crippen LogP contribution in [0.4, 0.5) is 24.8 Å². The molecule has 2 aromatic carbocycles. The molecule has 3 aromatic rings. The Morgan fingerprint density at radius 2 is 1.73 bits per heavy atom. The smallest absolute Gasteiger partial charge is 0.227 e. The first kappa shape index (κ1) is 28.9. The van der Waals surface area contributed by atoms with Crippen LogP contribution in [0, 0.1) is 24.4 Å². The zero-order chi connectivity index (χ0) is 28.6. The molecule has 0 spiro atoms. The Labute approximate surface area is 230 Å². The summed E-state index contributed by atoms with van der Waals surface area (Å²) >= 11 is 0. The third-order valence-corrected chi connectivity index (χ3v) is 6.51. The summed E-state index contributed by atoms with van der Waals surface area (Å²) in [5.74, 6) is -1.69. The van der Waals surface area contributed by atoms with E-state index in [4.69, 9.17) is 14.2 Å². The van der Waals surface area contributed by atoms with Crippen molar-refractivity contribution in [3.63, 3.8) is 0 Å². The number of hydrogen-bond donors (Lipinski definition) is 1. The topological polar surface area (TPSA) is 89.0 Å². The van der Waals surface area contributed by atoms with Crippen LogP contribution in [0.2, 0.25) is 0 Å². The van der Waals surface area contributed by atoms with Crippen LogP contribution in [0.3, 0.4) is 0 Å². The van der Waals surface area contributed by atoms with Gasteiger partial charge in [0.15, 0.2) is 28.9 Å². The summed E-state index contributed by atoms with van der Waals surface area (Å²) in [6, 6.07) is 5.61. The largest absolute Gasteiger partial charge is 0.494 e. The fourth-order valence-corrected chi connectivity index (χ4v) is 4.14. The van der Waals surface area contributed by atoms with E-state index >= 15 is 0 Å². The van der Waals surface area contributed by atoms with Gasteiger partial charge in [-0.2, -0.15) is 0 Å². The molecule has 0 aliphatic carbocycles. The van der Waals surface area contributed by atoms with E-state index in [1.165, 1.54) is 44.6 Å². The van der Waals surface area contributed by atoms with Gasteiger partial charge in [0.1, 0.15) is 12.4 Å². The Morgan fingerprint density at radius 1 is 1.00 bits per heavy atom. The van der Waals surface area contributed by atoms with Gasteiger partial charge in [-0.15, -0.1) is 0 Å². The number of piperazine rings is 1. The maximum Gasteiger partial charge on any atom is 0.227 e. The molecule has 1 amide bonds. The number of rotatable bonds is 11. The van der Waals surface area contributed by atoms with Crippen LogP contribution in [-0.4, -0.2) is 72.6 Å². The molecule has 2 heterocycles. The molecule has 0 atom stereocenters. The van der Waals surface area contributed by atoms with Crippen LogP contribution < -0.4 is 19.5 Å². The minimum absolute atomic E-state index is 0.0757. The van der Waals surface area contributed by atoms with Crippen molar-refractivity contribution in [3.8, 4) is 17.2 Å². The van der Waals surface area contributed by atoms with Gasteiger partial charge in [-0.05, 0) is 44.2 Å². The number of anilines is 2. The molecule has 0 saturated carbocycles. The zero-order valence-corrected chi connectivity index (χ0v) is 22.7. The Hall–Kier alpha value is -4.06. The van der Waals surface area contributed by atoms with Crippen LogP contribution in [0.5, 0.6) is 17.2 Å². The molecule has 40 heavy (non-hydrogen) atoms. The quantitative estimate of drug-likeness (QED) is 0.345. The van der Waals surface area contributed by atoms with E-state index in [1.807, 2.05) is 11.9 Å². The van der Waals surface area contributed by atoms with Gasteiger partial charge in [-0.25, -0.2) is 23.1 Å². The minimum atomic E-state index is -0.835. The summed E-state index contributed by atoms with van der Waals surface area (Å²) < 4.78 is 59.3. The Morgan fingerprint density at radius 3 is 2.40 bits per heavy atom. The lowest BCUT2D eigenvalue weighted by Crippen LogP contribution is -2.47. The van der Waals surface area contributed by atoms with E-state index < -0.39 is 17.5 Å². The van der Waals surface area contributed by atoms with Crippen molar-refractivity contribution in [1.82, 2.24) is 19.8 Å². The standard InChI is InChI=1S/C28H32F3N5O4/c1-18-13-24(38-3)27(31)21(26(18)30)17-40-20-15-32-28(33-16-20)34-19-6-7-23(22(29)14-19)39-12-4-5-25(37)36-10-8-35(2)9-11-36/h6-7,13-16H,4-5,8-12,17H2,1-3H3,(H,32,33,34). The first-order valence-electron chi connectivity index (χ1n) is 12.9. The van der Waals surface area contributed by atoms with Crippen LogP contribution in [0.1, 0.15) is 24.0 Å². The van der Waals surface area contributed by atoms with Crippen molar-refractivity contribution in [2.45, 2.75) is 26.4 Å². The average molecular weight is 560 g/mol. The first-order valence-corrected chi connectivity index (χ1v) is 12.9. The third-order valence-electron chi connectivity index (χ3n) is 6.51. The fourth-order valence-electron chi connectivity index (χ4n) is 4.14. The normalized spacial score (nSPS) is 13.7. The van der Waals surface area contributed by atoms with Crippen molar-refractivity contribution < 1.29 is 32.2 Å². The van der Waals surface area contributed by atoms with Crippen molar-refractivity contribution in [1.29, 1.82) is 0 Å². The first-order chi connectivity index (χ1) is 19.2. The van der Waals surface area contributed by atoms with Gasteiger partial charge in [0.05, 0.1) is 31.7 Å². The van der Waals surface area contributed by atoms with E-state index in [2.05, 4.69) is 20.2 Å². The molecule has 0 radical (unpaired) electrons. The number of benzene rings is 2. The molecule has 1 aliphatic rings. The molecular weight excluding hydrogens is 527 g/mol. The molecule has 214 valence electrons. The van der Waals surface area contributed by atoms with Gasteiger partial charge in [0.2, 0.25) is 11.9 Å². The summed E-state index contributed by atoms with van der Waals surface area (Å²) in [6.07, 6.45) is 3.50. The highest BCUT2D eigenvalue weighted by molar-refractivity contribution is 5.76. The Bertz CT molecular complexity index is 1320. The molecule has 12 heteroatoms. The highest BCUT2D eigenvalue weighted by atomic mass is 19.1. The Balaban J connectivity index is 1.25. The van der Waals surface area contributed by atoms with Crippen LogP contribution in [-0.2, 0) is 11.4 Å². The molecule has 1 N–H and O–H groups in total. The van der Waals surface area contributed by atoms with Crippen molar-refractivity contribution in [2.75, 3.05) is 52.3 Å². The van der Waals surface area contributed by atoms with Gasteiger partial charge < -0.3 is 29.3 Å². The highest BCUT2D eigenvalue weighted by Crippen LogP contribution is 2.28. The fraction of sp³-hybridized carbons (Fsp3) is 0.393. The minimum Gasteiger partial charge on any atom is -0.494 e. The van der Waals surface area contributed by atoms with Gasteiger partial charge >= 0.3 is 0 Å². The number of hydrogen-bond acceptors (Lipinski definition) is 8. The van der Waals surface area contributed by atoms with Gasteiger partial charge in [0, 0.05) is 44.4 Å². The second-order valence-electron chi connectivity index (χ2n) is 9.44. The highest BCUT2D eigenvalue weighted by Gasteiger charge is 2.19. The van der Waals surface area contributed by atoms with Gasteiger partial charge in [-0.3, -0.25) is 4.79 Å². The maximum atomic E-state index is 14.6. The van der Waals surface area contributed by atoms with E-state index in [0.29, 0.717) is 18.5 Å². The summed E-state index contributed by atoms with van der Waals surface area (Å²) in [6.45, 7) is 4.51. The lowest BCUT2D eigenvalue weighted by atomic mass is 10.1. The lowest BCUT2D eigenvalue weighted by Gasteiger charge is -2.32. The molecule has 0 unspecified atom stereocenters. The van der Waals surface area contributed by atoms with E-state index in [9.17, 15) is 18.0 Å². The number of nitrogens with zero attached hydrogens (tertiary/aromatic N) is 4. The van der Waals surface area contributed by atoms with Crippen molar-refractivity contribution in [2.24, 2.45) is 0 Å². The van der Waals surface area contributed by atoms with Gasteiger partial charge in [0.25, 0.3) is 0 Å². The monoisotopic (exact) mass is 559 g/mol. The number of halogens is 3. The van der Waals surface area contributed by atoms with Crippen molar-refractivity contribution in [3.05, 3.63) is 65.2 Å². The third kappa shape index (κ3) is 7.32. The van der Waals surface area contributed by atoms with Crippen LogP contribution in [0.25, 0.3) is 0 Å². The number of likely N-dealkylation sites (N-methyl/N-ethyl adjacent to an activating group) is 1. The second kappa shape index (κ2) is 13.3. The molecule has 1 aromatic heterocycles. The number of ether oxygens (including phenoxy) is 3. The molecule has 1 fully saturated rings. The maximum absolute atomic E-state index is 14.6. The predicted molar refractivity (Wildman–Crippen MR) is 142 cm³/mol. The molecule has 9 nitrogen and oxygen atoms in total. The van der Waals surface area contributed by atoms with E-state index in [-0.39, 0.29) is 53.4 Å². The zero-order valence-electron chi connectivity index (χ0n) is 22.7. The molecular formula is C28H32F3N5O4. The summed E-state index contributed by atoms with van der Waals surface area (Å²) in [5.41, 5.74) is 0.353. The predicted octanol–water partition coefficient (Wildman–Crippen LogP) is 4.47. The Kier molecular flexibility index (Phi) is 9.65. The number of carbonyl (C=O) groups is 1. The SMILES string of the molecule is COc1cc(C)c(F)c(COc2cnc(Nc3ccc(OCCCC(=O)N4CCN(C)CC4)c(F)c3)nc2)c1F. The van der Waals surface area contributed by atoms with Crippen molar-refractivity contribution >= 4 is 17.5 Å². The summed E-state index contributed by atoms with van der Waals surface area (Å²) in [5, 5.41) is 2.87. The molecule has 1 saturated heterocycles. The second-order valence-corrected chi connectivity index (χ2v) is 9.44. The number of methoxy groups -OCH3 is 1. The van der Waals surface area contributed by atoms with E-state index in [1.54, 1.807) is 6.07 Å². The number of aromatic nitrogens is 2. The molecule has 4 rings (SSSR count). The van der Waals surface area contributed by atoms with Crippen LogP contribution in [0.15, 0.2) is 36.7 Å². The van der Waals surface area contributed by atoms with E-state index in [0.717, 1.165) is 26.2 Å². The molecule has 0 bridgehead atoms. The average Bonchev–Trinajstić information content (AvgIpc) is 2.95. The number of aryl methyl sites for hydroxylation is 1. The van der Waals surface area contributed by atoms with Gasteiger partial charge in [-0.1, -0.05) is 0 Å². The number of nitrogens with one attached hydrogen (secondary N) is 1. The number of carbonyl (C=O) groups excluding carboxylic acids is 1. The molecule has 1 aliphatic heterocycles. The summed E-state index contributed by atoms with van der Waals surface area (Å²) in [7, 11) is 3.33. The summed E-state index contributed by atoms with van der Waals surface area (Å²) in [4.78, 5) is 24.5. The lowest BCUT2D eigenvalue weighted by molar-refractivity contribution is -0.133. The van der Waals surface area contributed by atoms with Crippen LogP contribution >= 0.6 is 0 Å². The number of amides is 1.